The molecule has 37 heavy (non-hydrogen) atoms. The van der Waals surface area contributed by atoms with E-state index in [0.29, 0.717) is 0 Å². The fraction of sp³-hybridized carbons (Fsp3) is 0. The van der Waals surface area contributed by atoms with E-state index in [2.05, 4.69) is 130 Å². The minimum absolute atomic E-state index is 0.839. The Labute approximate surface area is 216 Å². The summed E-state index contributed by atoms with van der Waals surface area (Å²) in [5.74, 6) is 1.68. The Morgan fingerprint density at radius 3 is 1.27 bits per heavy atom. The van der Waals surface area contributed by atoms with E-state index < -0.39 is 0 Å². The van der Waals surface area contributed by atoms with E-state index >= 15 is 0 Å². The maximum absolute atomic E-state index is 4.56. The first-order valence-electron chi connectivity index (χ1n) is 12.4. The molecule has 3 heteroatoms. The van der Waals surface area contributed by atoms with Crippen LogP contribution in [0.4, 0.5) is 0 Å². The fourth-order valence-corrected chi connectivity index (χ4v) is 4.60. The summed E-state index contributed by atoms with van der Waals surface area (Å²) in [6.07, 6.45) is 0. The van der Waals surface area contributed by atoms with Gasteiger partial charge in [0.05, 0.1) is 5.69 Å². The largest absolute Gasteiger partial charge is 0.274 e. The van der Waals surface area contributed by atoms with Gasteiger partial charge in [-0.25, -0.2) is 0 Å². The molecule has 0 atom stereocenters. The summed E-state index contributed by atoms with van der Waals surface area (Å²) in [5.41, 5.74) is 3.16. The molecule has 1 aromatic heterocycles. The molecule has 0 aliphatic carbocycles. The SMILES string of the molecule is c1ccc(-c2nnc(-c3ccccc3)n2-c2cccc3ccccc23)cc1.c1ccc2ccccc2c1. The molecule has 3 nitrogen and oxygen atoms in total. The Bertz CT molecular complexity index is 1640. The van der Waals surface area contributed by atoms with Crippen LogP contribution in [0.2, 0.25) is 0 Å². The lowest BCUT2D eigenvalue weighted by Crippen LogP contribution is -2.01. The van der Waals surface area contributed by atoms with Crippen molar-refractivity contribution in [2.45, 2.75) is 0 Å². The molecular formula is C34H25N3. The van der Waals surface area contributed by atoms with Gasteiger partial charge in [0.25, 0.3) is 0 Å². The smallest absolute Gasteiger partial charge is 0.168 e. The zero-order valence-corrected chi connectivity index (χ0v) is 20.3. The maximum atomic E-state index is 4.56. The predicted molar refractivity (Wildman–Crippen MR) is 154 cm³/mol. The fourth-order valence-electron chi connectivity index (χ4n) is 4.60. The molecule has 0 aliphatic heterocycles. The Morgan fingerprint density at radius 2 is 0.757 bits per heavy atom. The van der Waals surface area contributed by atoms with E-state index in [9.17, 15) is 0 Å². The molecule has 0 bridgehead atoms. The monoisotopic (exact) mass is 475 g/mol. The number of nitrogens with zero attached hydrogens (tertiary/aromatic N) is 3. The van der Waals surface area contributed by atoms with E-state index in [1.54, 1.807) is 0 Å². The van der Waals surface area contributed by atoms with Crippen LogP contribution < -0.4 is 0 Å². The molecule has 0 amide bonds. The van der Waals surface area contributed by atoms with Gasteiger partial charge in [-0.15, -0.1) is 10.2 Å². The summed E-state index contributed by atoms with van der Waals surface area (Å²) < 4.78 is 2.16. The zero-order chi connectivity index (χ0) is 24.9. The molecule has 1 heterocycles. The van der Waals surface area contributed by atoms with E-state index in [4.69, 9.17) is 0 Å². The topological polar surface area (TPSA) is 30.7 Å². The van der Waals surface area contributed by atoms with Crippen molar-refractivity contribution in [2.75, 3.05) is 0 Å². The summed E-state index contributed by atoms with van der Waals surface area (Å²) in [7, 11) is 0. The van der Waals surface area contributed by atoms with Crippen molar-refractivity contribution in [3.8, 4) is 28.5 Å². The lowest BCUT2D eigenvalue weighted by atomic mass is 10.1. The second-order valence-corrected chi connectivity index (χ2v) is 8.76. The standard InChI is InChI=1S/C24H17N3.C10H8/c1-3-11-19(12-4-1)23-25-26-24(20-13-5-2-6-14-20)27(23)22-17-9-15-18-10-7-8-16-21(18)22;1-2-6-10-8-4-3-7-9(10)5-1/h1-17H;1-8H. The molecule has 6 aromatic carbocycles. The summed E-state index contributed by atoms with van der Waals surface area (Å²) in [6, 6.07) is 51.9. The molecule has 7 aromatic rings. The van der Waals surface area contributed by atoms with E-state index in [1.165, 1.54) is 21.5 Å². The van der Waals surface area contributed by atoms with Crippen LogP contribution >= 0.6 is 0 Å². The first-order valence-corrected chi connectivity index (χ1v) is 12.4. The van der Waals surface area contributed by atoms with Crippen molar-refractivity contribution in [3.63, 3.8) is 0 Å². The molecule has 0 fully saturated rings. The van der Waals surface area contributed by atoms with Gasteiger partial charge in [0.15, 0.2) is 11.6 Å². The lowest BCUT2D eigenvalue weighted by Gasteiger charge is -2.13. The van der Waals surface area contributed by atoms with Crippen LogP contribution in [0, 0.1) is 0 Å². The molecular weight excluding hydrogens is 450 g/mol. The first kappa shape index (κ1) is 22.4. The number of benzene rings is 6. The second-order valence-electron chi connectivity index (χ2n) is 8.76. The van der Waals surface area contributed by atoms with Crippen LogP contribution in [0.25, 0.3) is 50.0 Å². The second kappa shape index (κ2) is 10.3. The highest BCUT2D eigenvalue weighted by Crippen LogP contribution is 2.32. The third-order valence-electron chi connectivity index (χ3n) is 6.39. The van der Waals surface area contributed by atoms with Crippen LogP contribution in [0.3, 0.4) is 0 Å². The molecule has 0 saturated heterocycles. The minimum Gasteiger partial charge on any atom is -0.274 e. The van der Waals surface area contributed by atoms with Crippen LogP contribution in [0.5, 0.6) is 0 Å². The highest BCUT2D eigenvalue weighted by atomic mass is 15.3. The lowest BCUT2D eigenvalue weighted by molar-refractivity contribution is 1.08. The Hall–Kier alpha value is -5.02. The minimum atomic E-state index is 0.839. The average Bonchev–Trinajstić information content (AvgIpc) is 3.43. The molecule has 0 N–H and O–H groups in total. The third kappa shape index (κ3) is 4.63. The first-order chi connectivity index (χ1) is 18.4. The van der Waals surface area contributed by atoms with Crippen LogP contribution in [0.15, 0.2) is 152 Å². The van der Waals surface area contributed by atoms with Gasteiger partial charge in [0.1, 0.15) is 0 Å². The van der Waals surface area contributed by atoms with Crippen LogP contribution in [-0.4, -0.2) is 14.8 Å². The van der Waals surface area contributed by atoms with Gasteiger partial charge in [-0.1, -0.05) is 146 Å². The van der Waals surface area contributed by atoms with Crippen molar-refractivity contribution in [2.24, 2.45) is 0 Å². The highest BCUT2D eigenvalue weighted by Gasteiger charge is 2.18. The van der Waals surface area contributed by atoms with Crippen molar-refractivity contribution in [3.05, 3.63) is 152 Å². The van der Waals surface area contributed by atoms with Gasteiger partial charge in [-0.05, 0) is 22.2 Å². The molecule has 0 radical (unpaired) electrons. The number of aromatic nitrogens is 3. The van der Waals surface area contributed by atoms with Gasteiger partial charge in [0, 0.05) is 16.5 Å². The molecule has 7 rings (SSSR count). The number of hydrogen-bond acceptors (Lipinski definition) is 2. The normalized spacial score (nSPS) is 10.7. The van der Waals surface area contributed by atoms with Gasteiger partial charge >= 0.3 is 0 Å². The van der Waals surface area contributed by atoms with Crippen molar-refractivity contribution in [1.29, 1.82) is 0 Å². The average molecular weight is 476 g/mol. The molecule has 0 saturated carbocycles. The summed E-state index contributed by atoms with van der Waals surface area (Å²) in [5, 5.41) is 14.1. The number of fused-ring (bicyclic) bond motifs is 2. The number of rotatable bonds is 3. The summed E-state index contributed by atoms with van der Waals surface area (Å²) in [6.45, 7) is 0. The Balaban J connectivity index is 0.000000210. The van der Waals surface area contributed by atoms with Crippen LogP contribution in [0.1, 0.15) is 0 Å². The third-order valence-corrected chi connectivity index (χ3v) is 6.39. The van der Waals surface area contributed by atoms with Crippen molar-refractivity contribution < 1.29 is 0 Å². The van der Waals surface area contributed by atoms with Crippen molar-refractivity contribution in [1.82, 2.24) is 14.8 Å². The van der Waals surface area contributed by atoms with Gasteiger partial charge < -0.3 is 0 Å². The molecule has 176 valence electrons. The molecule has 0 unspecified atom stereocenters. The van der Waals surface area contributed by atoms with E-state index in [-0.39, 0.29) is 0 Å². The predicted octanol–water partition coefficient (Wildman–Crippen LogP) is 8.59. The van der Waals surface area contributed by atoms with Gasteiger partial charge in [-0.3, -0.25) is 4.57 Å². The Morgan fingerprint density at radius 1 is 0.351 bits per heavy atom. The summed E-state index contributed by atoms with van der Waals surface area (Å²) in [4.78, 5) is 0. The maximum Gasteiger partial charge on any atom is 0.168 e. The van der Waals surface area contributed by atoms with E-state index in [0.717, 1.165) is 28.5 Å². The molecule has 0 aliphatic rings. The Kier molecular flexibility index (Phi) is 6.25. The number of hydrogen-bond donors (Lipinski definition) is 0. The van der Waals surface area contributed by atoms with E-state index in [1.807, 2.05) is 36.4 Å². The van der Waals surface area contributed by atoms with Crippen LogP contribution in [-0.2, 0) is 0 Å². The summed E-state index contributed by atoms with van der Waals surface area (Å²) >= 11 is 0. The van der Waals surface area contributed by atoms with Gasteiger partial charge in [0.2, 0.25) is 0 Å². The zero-order valence-electron chi connectivity index (χ0n) is 20.3. The van der Waals surface area contributed by atoms with Crippen molar-refractivity contribution >= 4 is 21.5 Å². The quantitative estimate of drug-likeness (QED) is 0.256. The highest BCUT2D eigenvalue weighted by molar-refractivity contribution is 5.91. The van der Waals surface area contributed by atoms with Gasteiger partial charge in [-0.2, -0.15) is 0 Å². The molecule has 0 spiro atoms.